The lowest BCUT2D eigenvalue weighted by Crippen LogP contribution is -2.38. The minimum absolute atomic E-state index is 0.0498. The summed E-state index contributed by atoms with van der Waals surface area (Å²) in [5, 5.41) is 12.2. The second-order valence-electron chi connectivity index (χ2n) is 11.6. The van der Waals surface area contributed by atoms with Crippen LogP contribution in [-0.4, -0.2) is 75.6 Å². The first-order valence-electron chi connectivity index (χ1n) is 16.0. The van der Waals surface area contributed by atoms with Gasteiger partial charge in [0.15, 0.2) is 17.3 Å². The van der Waals surface area contributed by atoms with Crippen LogP contribution in [0.4, 0.5) is 11.4 Å². The number of aryl methyl sites for hydroxylation is 1. The molecule has 0 aliphatic carbocycles. The van der Waals surface area contributed by atoms with Gasteiger partial charge in [0.1, 0.15) is 0 Å². The van der Waals surface area contributed by atoms with Crippen LogP contribution < -0.4 is 19.7 Å². The second-order valence-corrected chi connectivity index (χ2v) is 12.0. The molecule has 0 spiro atoms. The molecule has 3 aliphatic heterocycles. The van der Waals surface area contributed by atoms with Crippen LogP contribution in [0.5, 0.6) is 11.5 Å². The van der Waals surface area contributed by atoms with E-state index in [0.29, 0.717) is 66.3 Å². The fraction of sp³-hybridized carbons (Fsp3) is 0.361. The van der Waals surface area contributed by atoms with Crippen molar-refractivity contribution in [1.29, 1.82) is 0 Å². The molecule has 3 amide bonds. The van der Waals surface area contributed by atoms with E-state index in [-0.39, 0.29) is 48.7 Å². The predicted octanol–water partition coefficient (Wildman–Crippen LogP) is 5.21. The highest BCUT2D eigenvalue weighted by atomic mass is 35.5. The zero-order chi connectivity index (χ0) is 34.5. The van der Waals surface area contributed by atoms with Crippen molar-refractivity contribution in [3.05, 3.63) is 93.7 Å². The topological polar surface area (TPSA) is 142 Å². The van der Waals surface area contributed by atoms with Gasteiger partial charge in [-0.2, -0.15) is 0 Å². The Morgan fingerprint density at radius 2 is 1.73 bits per heavy atom. The van der Waals surface area contributed by atoms with Gasteiger partial charge in [-0.1, -0.05) is 17.7 Å². The summed E-state index contributed by atoms with van der Waals surface area (Å²) in [6.45, 7) is 5.41. The molecule has 49 heavy (non-hydrogen) atoms. The van der Waals surface area contributed by atoms with E-state index in [0.717, 1.165) is 10.5 Å². The number of halogens is 1. The number of allylic oxidation sites excluding steroid dienone is 1. The quantitative estimate of drug-likeness (QED) is 0.171. The van der Waals surface area contributed by atoms with E-state index in [1.54, 1.807) is 43.3 Å². The smallest absolute Gasteiger partial charge is 0.290 e. The SMILES string of the molecule is CCO[C@@H]1OC(C(=O)Nc2ccc(N3C(=O)c4ccc(Cl)cc4C3=O)c(C)c2)=C[C@H](c2ccc3c(c2)OCO3)[C@@H]1CCOCCOCCO. The molecule has 3 aromatic rings. The van der Waals surface area contributed by atoms with E-state index in [4.69, 9.17) is 45.1 Å². The van der Waals surface area contributed by atoms with Crippen molar-refractivity contribution < 1.29 is 47.9 Å². The minimum Gasteiger partial charge on any atom is -0.459 e. The number of aliphatic hydroxyl groups is 1. The number of fused-ring (bicyclic) bond motifs is 2. The highest BCUT2D eigenvalue weighted by Gasteiger charge is 2.40. The summed E-state index contributed by atoms with van der Waals surface area (Å²) >= 11 is 6.07. The third-order valence-electron chi connectivity index (χ3n) is 8.47. The Hall–Kier alpha value is -4.46. The average Bonchev–Trinajstić information content (AvgIpc) is 3.66. The van der Waals surface area contributed by atoms with E-state index in [1.807, 2.05) is 25.1 Å². The largest absolute Gasteiger partial charge is 0.459 e. The molecule has 0 radical (unpaired) electrons. The Bertz CT molecular complexity index is 1760. The molecular weight excluding hydrogens is 656 g/mol. The van der Waals surface area contributed by atoms with E-state index >= 15 is 0 Å². The molecule has 13 heteroatoms. The van der Waals surface area contributed by atoms with Crippen molar-refractivity contribution in [3.63, 3.8) is 0 Å². The summed E-state index contributed by atoms with van der Waals surface area (Å²) in [4.78, 5) is 41.1. The van der Waals surface area contributed by atoms with Crippen molar-refractivity contribution in [3.8, 4) is 11.5 Å². The van der Waals surface area contributed by atoms with Gasteiger partial charge in [-0.15, -0.1) is 0 Å². The molecule has 3 aromatic carbocycles. The lowest BCUT2D eigenvalue weighted by Gasteiger charge is -2.37. The number of carbonyl (C=O) groups is 3. The predicted molar refractivity (Wildman–Crippen MR) is 179 cm³/mol. The summed E-state index contributed by atoms with van der Waals surface area (Å²) in [7, 11) is 0. The number of nitrogens with zero attached hydrogens (tertiary/aromatic N) is 1. The van der Waals surface area contributed by atoms with E-state index in [9.17, 15) is 14.4 Å². The van der Waals surface area contributed by atoms with Gasteiger partial charge >= 0.3 is 0 Å². The van der Waals surface area contributed by atoms with Crippen LogP contribution in [-0.2, 0) is 23.7 Å². The molecule has 0 saturated carbocycles. The van der Waals surface area contributed by atoms with E-state index in [1.165, 1.54) is 6.07 Å². The Kier molecular flexibility index (Phi) is 10.8. The van der Waals surface area contributed by atoms with Crippen LogP contribution in [0.25, 0.3) is 0 Å². The number of hydrogen-bond acceptors (Lipinski definition) is 10. The highest BCUT2D eigenvalue weighted by molar-refractivity contribution is 6.37. The number of amides is 3. The number of aliphatic hydroxyl groups excluding tert-OH is 1. The molecule has 0 aromatic heterocycles. The third kappa shape index (κ3) is 7.43. The summed E-state index contributed by atoms with van der Waals surface area (Å²) in [5.41, 5.74) is 2.86. The molecule has 6 rings (SSSR count). The van der Waals surface area contributed by atoms with Crippen LogP contribution in [0.1, 0.15) is 51.1 Å². The normalized spacial score (nSPS) is 19.5. The number of anilines is 2. The van der Waals surface area contributed by atoms with Crippen molar-refractivity contribution in [1.82, 2.24) is 0 Å². The number of rotatable bonds is 14. The molecule has 258 valence electrons. The Morgan fingerprint density at radius 3 is 2.51 bits per heavy atom. The summed E-state index contributed by atoms with van der Waals surface area (Å²) in [5.74, 6) is -0.579. The van der Waals surface area contributed by atoms with Crippen LogP contribution in [0.3, 0.4) is 0 Å². The van der Waals surface area contributed by atoms with Crippen LogP contribution in [0, 0.1) is 12.8 Å². The standard InChI is InChI=1S/C36H37ClN2O10/c1-3-46-36-26(10-12-44-14-15-45-13-11-40)27(22-4-9-30-31(17-22)48-20-47-30)19-32(49-36)33(41)38-24-6-8-29(21(2)16-24)39-34(42)25-7-5-23(37)18-28(25)35(39)43/h4-9,16-19,26-27,36,40H,3,10-15,20H2,1-2H3,(H,38,41)/t26-,27+,36+/m0/s1. The van der Waals surface area contributed by atoms with E-state index in [2.05, 4.69) is 5.32 Å². The highest BCUT2D eigenvalue weighted by Crippen LogP contribution is 2.43. The first-order valence-corrected chi connectivity index (χ1v) is 16.4. The number of ether oxygens (including phenoxy) is 6. The summed E-state index contributed by atoms with van der Waals surface area (Å²) in [6, 6.07) is 15.2. The number of nitrogens with one attached hydrogen (secondary N) is 1. The van der Waals surface area contributed by atoms with Crippen LogP contribution >= 0.6 is 11.6 Å². The lowest BCUT2D eigenvalue weighted by molar-refractivity contribution is -0.166. The molecule has 0 bridgehead atoms. The number of imide groups is 1. The van der Waals surface area contributed by atoms with Crippen LogP contribution in [0.15, 0.2) is 66.4 Å². The first-order chi connectivity index (χ1) is 23.8. The maximum atomic E-state index is 13.7. The maximum absolute atomic E-state index is 13.7. The fourth-order valence-corrected chi connectivity index (χ4v) is 6.33. The van der Waals surface area contributed by atoms with Crippen molar-refractivity contribution in [2.45, 2.75) is 32.5 Å². The molecule has 0 fully saturated rings. The van der Waals surface area contributed by atoms with Gasteiger partial charge in [-0.05, 0) is 86.0 Å². The molecule has 3 atom stereocenters. The lowest BCUT2D eigenvalue weighted by atomic mass is 9.81. The summed E-state index contributed by atoms with van der Waals surface area (Å²) < 4.78 is 34.5. The van der Waals surface area contributed by atoms with Gasteiger partial charge in [-0.3, -0.25) is 14.4 Å². The third-order valence-corrected chi connectivity index (χ3v) is 8.70. The average molecular weight is 693 g/mol. The number of hydrogen-bond donors (Lipinski definition) is 2. The second kappa shape index (κ2) is 15.4. The number of carbonyl (C=O) groups excluding carboxylic acids is 3. The van der Waals surface area contributed by atoms with Gasteiger partial charge in [0, 0.05) is 35.8 Å². The first kappa shape index (κ1) is 34.4. The molecule has 2 N–H and O–H groups in total. The van der Waals surface area contributed by atoms with Crippen molar-refractivity contribution >= 4 is 40.7 Å². The maximum Gasteiger partial charge on any atom is 0.290 e. The Morgan fingerprint density at radius 1 is 0.959 bits per heavy atom. The van der Waals surface area contributed by atoms with Gasteiger partial charge in [0.2, 0.25) is 13.1 Å². The fourth-order valence-electron chi connectivity index (χ4n) is 6.15. The summed E-state index contributed by atoms with van der Waals surface area (Å²) in [6.07, 6.45) is 1.58. The molecular formula is C36H37ClN2O10. The van der Waals surface area contributed by atoms with Crippen molar-refractivity contribution in [2.24, 2.45) is 5.92 Å². The molecule has 12 nitrogen and oxygen atoms in total. The molecule has 0 unspecified atom stereocenters. The van der Waals surface area contributed by atoms with Gasteiger partial charge in [0.25, 0.3) is 17.7 Å². The Labute approximate surface area is 288 Å². The minimum atomic E-state index is -0.758. The number of benzene rings is 3. The van der Waals surface area contributed by atoms with Gasteiger partial charge < -0.3 is 38.8 Å². The van der Waals surface area contributed by atoms with Crippen LogP contribution in [0.2, 0.25) is 5.02 Å². The van der Waals surface area contributed by atoms with E-state index < -0.39 is 24.0 Å². The molecule has 3 heterocycles. The van der Waals surface area contributed by atoms with Crippen molar-refractivity contribution in [2.75, 3.05) is 56.7 Å². The van der Waals surface area contributed by atoms with Gasteiger partial charge in [-0.25, -0.2) is 4.90 Å². The molecule has 0 saturated heterocycles. The Balaban J connectivity index is 1.21. The molecule has 3 aliphatic rings. The zero-order valence-electron chi connectivity index (χ0n) is 27.1. The zero-order valence-corrected chi connectivity index (χ0v) is 27.9. The monoisotopic (exact) mass is 692 g/mol. The van der Waals surface area contributed by atoms with Gasteiger partial charge in [0.05, 0.1) is 43.2 Å².